The lowest BCUT2D eigenvalue weighted by Gasteiger charge is -2.35. The zero-order valence-corrected chi connectivity index (χ0v) is 13.4. The fourth-order valence-corrected chi connectivity index (χ4v) is 3.80. The van der Waals surface area contributed by atoms with E-state index in [9.17, 15) is 0 Å². The van der Waals surface area contributed by atoms with E-state index in [2.05, 4.69) is 11.2 Å². The maximum absolute atomic E-state index is 5.51. The second-order valence-corrected chi connectivity index (χ2v) is 6.11. The molecule has 1 aromatic carbocycles. The second kappa shape index (κ2) is 5.72. The van der Waals surface area contributed by atoms with Gasteiger partial charge in [-0.1, -0.05) is 18.0 Å². The molecule has 0 spiro atoms. The van der Waals surface area contributed by atoms with Gasteiger partial charge in [0.05, 0.1) is 26.5 Å². The minimum absolute atomic E-state index is 0.314. The number of hydrogen-bond acceptors (Lipinski definition) is 5. The van der Waals surface area contributed by atoms with E-state index in [0.717, 1.165) is 23.4 Å². The number of benzene rings is 1. The summed E-state index contributed by atoms with van der Waals surface area (Å²) in [4.78, 5) is 5.01. The van der Waals surface area contributed by atoms with Crippen molar-refractivity contribution >= 4 is 5.71 Å². The van der Waals surface area contributed by atoms with Gasteiger partial charge in [0.15, 0.2) is 17.3 Å². The van der Waals surface area contributed by atoms with Crippen LogP contribution in [0.1, 0.15) is 48.5 Å². The Balaban J connectivity index is 1.91. The third-order valence-electron chi connectivity index (χ3n) is 4.91. The Kier molecular flexibility index (Phi) is 3.56. The number of rotatable bonds is 3. The molecule has 23 heavy (non-hydrogen) atoms. The molecule has 2 atom stereocenters. The van der Waals surface area contributed by atoms with Crippen molar-refractivity contribution in [2.75, 3.05) is 14.2 Å². The van der Waals surface area contributed by atoms with Crippen LogP contribution in [0.4, 0.5) is 0 Å². The number of ether oxygens (including phenoxy) is 2. The number of fused-ring (bicyclic) bond motifs is 3. The molecule has 0 N–H and O–H groups in total. The van der Waals surface area contributed by atoms with Gasteiger partial charge in [-0.2, -0.15) is 0 Å². The van der Waals surface area contributed by atoms with Crippen molar-refractivity contribution in [1.82, 2.24) is 5.16 Å². The van der Waals surface area contributed by atoms with Crippen molar-refractivity contribution in [2.45, 2.75) is 37.6 Å². The SMILES string of the molecule is COc1cc2c(cc1OC)C1CCCCC1N=C2c1ccno1. The third kappa shape index (κ3) is 2.31. The zero-order valence-electron chi connectivity index (χ0n) is 13.4. The lowest BCUT2D eigenvalue weighted by atomic mass is 9.75. The minimum Gasteiger partial charge on any atom is -0.493 e. The molecule has 1 fully saturated rings. The molecule has 1 saturated carbocycles. The summed E-state index contributed by atoms with van der Waals surface area (Å²) in [6, 6.07) is 6.31. The Morgan fingerprint density at radius 3 is 2.61 bits per heavy atom. The fourth-order valence-electron chi connectivity index (χ4n) is 3.80. The lowest BCUT2D eigenvalue weighted by Crippen LogP contribution is -2.29. The van der Waals surface area contributed by atoms with Gasteiger partial charge in [0.1, 0.15) is 5.71 Å². The van der Waals surface area contributed by atoms with Crippen molar-refractivity contribution in [3.05, 3.63) is 41.3 Å². The first kappa shape index (κ1) is 14.3. The number of nitrogens with zero attached hydrogens (tertiary/aromatic N) is 2. The van der Waals surface area contributed by atoms with Gasteiger partial charge in [0.2, 0.25) is 0 Å². The van der Waals surface area contributed by atoms with Crippen LogP contribution in [0.25, 0.3) is 0 Å². The molecule has 4 rings (SSSR count). The van der Waals surface area contributed by atoms with Gasteiger partial charge in [-0.3, -0.25) is 4.99 Å². The molecule has 2 unspecified atom stereocenters. The molecular weight excluding hydrogens is 292 g/mol. The standard InChI is InChI=1S/C18H20N2O3/c1-21-16-9-12-11-5-3-4-6-14(11)20-18(15-7-8-19-23-15)13(12)10-17(16)22-2/h7-11,14H,3-6H2,1-2H3. The normalized spacial score (nSPS) is 22.8. The Bertz CT molecular complexity index is 737. The van der Waals surface area contributed by atoms with Crippen LogP contribution in [0.2, 0.25) is 0 Å². The van der Waals surface area contributed by atoms with Gasteiger partial charge < -0.3 is 14.0 Å². The maximum Gasteiger partial charge on any atom is 0.185 e. The van der Waals surface area contributed by atoms with Gasteiger partial charge in [-0.05, 0) is 30.5 Å². The predicted molar refractivity (Wildman–Crippen MR) is 86.7 cm³/mol. The summed E-state index contributed by atoms with van der Waals surface area (Å²) >= 11 is 0. The molecule has 0 amide bonds. The van der Waals surface area contributed by atoms with Gasteiger partial charge in [0.25, 0.3) is 0 Å². The van der Waals surface area contributed by atoms with Crippen LogP contribution in [-0.4, -0.2) is 31.1 Å². The van der Waals surface area contributed by atoms with E-state index < -0.39 is 0 Å². The highest BCUT2D eigenvalue weighted by molar-refractivity contribution is 6.13. The van der Waals surface area contributed by atoms with Crippen LogP contribution in [0.5, 0.6) is 11.5 Å². The van der Waals surface area contributed by atoms with Crippen LogP contribution in [0.3, 0.4) is 0 Å². The Hall–Kier alpha value is -2.30. The second-order valence-electron chi connectivity index (χ2n) is 6.11. The summed E-state index contributed by atoms with van der Waals surface area (Å²) in [6.07, 6.45) is 6.43. The Morgan fingerprint density at radius 1 is 1.09 bits per heavy atom. The molecule has 0 saturated heterocycles. The van der Waals surface area contributed by atoms with E-state index in [1.807, 2.05) is 12.1 Å². The van der Waals surface area contributed by atoms with Gasteiger partial charge in [0, 0.05) is 17.5 Å². The Labute approximate surface area is 135 Å². The summed E-state index contributed by atoms with van der Waals surface area (Å²) in [6.45, 7) is 0. The zero-order chi connectivity index (χ0) is 15.8. The maximum atomic E-state index is 5.51. The van der Waals surface area contributed by atoms with Crippen molar-refractivity contribution in [2.24, 2.45) is 4.99 Å². The molecule has 2 aliphatic rings. The van der Waals surface area contributed by atoms with E-state index in [4.69, 9.17) is 19.0 Å². The number of aliphatic imine (C=N–C) groups is 1. The fraction of sp³-hybridized carbons (Fsp3) is 0.444. The average molecular weight is 312 g/mol. The third-order valence-corrected chi connectivity index (χ3v) is 4.91. The largest absolute Gasteiger partial charge is 0.493 e. The summed E-state index contributed by atoms with van der Waals surface area (Å²) < 4.78 is 16.4. The van der Waals surface area contributed by atoms with Crippen LogP contribution >= 0.6 is 0 Å². The molecule has 1 aromatic heterocycles. The van der Waals surface area contributed by atoms with E-state index in [1.54, 1.807) is 20.4 Å². The molecule has 5 nitrogen and oxygen atoms in total. The predicted octanol–water partition coefficient (Wildman–Crippen LogP) is 3.57. The lowest BCUT2D eigenvalue weighted by molar-refractivity contribution is 0.349. The summed E-state index contributed by atoms with van der Waals surface area (Å²) in [7, 11) is 3.33. The first-order valence-corrected chi connectivity index (χ1v) is 8.07. The van der Waals surface area contributed by atoms with Crippen LogP contribution in [-0.2, 0) is 0 Å². The first-order chi connectivity index (χ1) is 11.3. The topological polar surface area (TPSA) is 56.9 Å². The molecule has 120 valence electrons. The molecule has 1 aliphatic heterocycles. The van der Waals surface area contributed by atoms with E-state index in [-0.39, 0.29) is 0 Å². The van der Waals surface area contributed by atoms with Gasteiger partial charge >= 0.3 is 0 Å². The van der Waals surface area contributed by atoms with Gasteiger partial charge in [-0.25, -0.2) is 0 Å². The molecule has 2 aromatic rings. The molecule has 1 aliphatic carbocycles. The Morgan fingerprint density at radius 2 is 1.87 bits per heavy atom. The molecule has 5 heteroatoms. The summed E-state index contributed by atoms with van der Waals surface area (Å²) in [5.41, 5.74) is 3.23. The van der Waals surface area contributed by atoms with Crippen molar-refractivity contribution in [3.8, 4) is 11.5 Å². The monoisotopic (exact) mass is 312 g/mol. The molecule has 0 bridgehead atoms. The highest BCUT2D eigenvalue weighted by atomic mass is 16.5. The van der Waals surface area contributed by atoms with Crippen LogP contribution in [0.15, 0.2) is 33.9 Å². The molecule has 2 heterocycles. The van der Waals surface area contributed by atoms with Gasteiger partial charge in [-0.15, -0.1) is 0 Å². The number of aromatic nitrogens is 1. The van der Waals surface area contributed by atoms with Crippen LogP contribution in [0, 0.1) is 0 Å². The van der Waals surface area contributed by atoms with E-state index in [1.165, 1.54) is 24.8 Å². The number of methoxy groups -OCH3 is 2. The average Bonchev–Trinajstić information content (AvgIpc) is 3.14. The highest BCUT2D eigenvalue weighted by Gasteiger charge is 2.35. The first-order valence-electron chi connectivity index (χ1n) is 8.07. The summed E-state index contributed by atoms with van der Waals surface area (Å²) in [5.74, 6) is 2.65. The minimum atomic E-state index is 0.314. The van der Waals surface area contributed by atoms with Crippen molar-refractivity contribution < 1.29 is 14.0 Å². The molecular formula is C18H20N2O3. The highest BCUT2D eigenvalue weighted by Crippen LogP contribution is 2.44. The van der Waals surface area contributed by atoms with Crippen molar-refractivity contribution in [1.29, 1.82) is 0 Å². The van der Waals surface area contributed by atoms with E-state index in [0.29, 0.717) is 23.5 Å². The number of hydrogen-bond donors (Lipinski definition) is 0. The molecule has 0 radical (unpaired) electrons. The smallest absolute Gasteiger partial charge is 0.185 e. The van der Waals surface area contributed by atoms with Crippen molar-refractivity contribution in [3.63, 3.8) is 0 Å². The quantitative estimate of drug-likeness (QED) is 0.869. The van der Waals surface area contributed by atoms with E-state index >= 15 is 0 Å². The summed E-state index contributed by atoms with van der Waals surface area (Å²) in [5, 5.41) is 3.84. The van der Waals surface area contributed by atoms with Crippen LogP contribution < -0.4 is 9.47 Å².